The van der Waals surface area contributed by atoms with E-state index in [1.54, 1.807) is 0 Å². The number of rotatable bonds is 2. The molecule has 0 bridgehead atoms. The zero-order chi connectivity index (χ0) is 11.0. The quantitative estimate of drug-likeness (QED) is 0.566. The summed E-state index contributed by atoms with van der Waals surface area (Å²) in [4.78, 5) is 0. The molecule has 0 aromatic rings. The lowest BCUT2D eigenvalue weighted by Gasteiger charge is -2.38. The topological polar surface area (TPSA) is 29.5 Å². The van der Waals surface area contributed by atoms with Crippen molar-refractivity contribution in [2.45, 2.75) is 57.5 Å². The summed E-state index contributed by atoms with van der Waals surface area (Å²) >= 11 is 0. The van der Waals surface area contributed by atoms with E-state index in [1.807, 2.05) is 12.2 Å². The third kappa shape index (κ3) is 2.68. The average molecular weight is 214 g/mol. The van der Waals surface area contributed by atoms with Crippen LogP contribution in [0.2, 0.25) is 18.1 Å². The molecule has 3 heteroatoms. The predicted molar refractivity (Wildman–Crippen MR) is 61.8 cm³/mol. The Morgan fingerprint density at radius 1 is 1.29 bits per heavy atom. The van der Waals surface area contributed by atoms with E-state index >= 15 is 0 Å². The number of aliphatic hydroxyl groups excluding tert-OH is 1. The first-order valence-electron chi connectivity index (χ1n) is 5.26. The van der Waals surface area contributed by atoms with Crippen LogP contribution in [0.25, 0.3) is 0 Å². The molecule has 0 aromatic carbocycles. The minimum atomic E-state index is -1.66. The number of hydrogen-bond donors (Lipinski definition) is 1. The molecule has 14 heavy (non-hydrogen) atoms. The largest absolute Gasteiger partial charge is 0.410 e. The van der Waals surface area contributed by atoms with E-state index in [0.717, 1.165) is 6.42 Å². The molecule has 0 aromatic heterocycles. The summed E-state index contributed by atoms with van der Waals surface area (Å²) in [5.41, 5.74) is 0. The van der Waals surface area contributed by atoms with Gasteiger partial charge in [0.25, 0.3) is 0 Å². The maximum atomic E-state index is 9.35. The summed E-state index contributed by atoms with van der Waals surface area (Å²) < 4.78 is 6.13. The Morgan fingerprint density at radius 2 is 1.86 bits per heavy atom. The molecule has 0 saturated heterocycles. The highest BCUT2D eigenvalue weighted by Crippen LogP contribution is 2.38. The van der Waals surface area contributed by atoms with Gasteiger partial charge in [0, 0.05) is 6.42 Å². The van der Waals surface area contributed by atoms with Crippen LogP contribution < -0.4 is 0 Å². The van der Waals surface area contributed by atoms with Crippen molar-refractivity contribution < 1.29 is 9.53 Å². The summed E-state index contributed by atoms with van der Waals surface area (Å²) in [7, 11) is -1.66. The first kappa shape index (κ1) is 11.9. The Hall–Kier alpha value is -0.123. The molecular formula is C11H22O2Si. The van der Waals surface area contributed by atoms with Crippen molar-refractivity contribution in [3.63, 3.8) is 0 Å². The van der Waals surface area contributed by atoms with Crippen LogP contribution in [0.4, 0.5) is 0 Å². The lowest BCUT2D eigenvalue weighted by molar-refractivity contribution is 0.155. The summed E-state index contributed by atoms with van der Waals surface area (Å²) in [5, 5.41) is 9.59. The van der Waals surface area contributed by atoms with Gasteiger partial charge in [0.1, 0.15) is 0 Å². The van der Waals surface area contributed by atoms with Gasteiger partial charge in [0.15, 0.2) is 8.32 Å². The minimum Gasteiger partial charge on any atom is -0.410 e. The number of aliphatic hydroxyl groups is 1. The van der Waals surface area contributed by atoms with E-state index in [0.29, 0.717) is 0 Å². The summed E-state index contributed by atoms with van der Waals surface area (Å²) in [6.07, 6.45) is 4.38. The SMILES string of the molecule is CC(C)(C)[Si](C)(C)O[C@@H]1C=C[C@H](O)C1. The predicted octanol–water partition coefficient (Wildman–Crippen LogP) is 2.70. The van der Waals surface area contributed by atoms with Crippen LogP contribution in [0.5, 0.6) is 0 Å². The van der Waals surface area contributed by atoms with Crippen molar-refractivity contribution in [1.29, 1.82) is 0 Å². The van der Waals surface area contributed by atoms with Crippen LogP contribution in [0.15, 0.2) is 12.2 Å². The molecule has 0 radical (unpaired) electrons. The van der Waals surface area contributed by atoms with Crippen LogP contribution in [0.1, 0.15) is 27.2 Å². The maximum Gasteiger partial charge on any atom is 0.192 e. The van der Waals surface area contributed by atoms with Crippen molar-refractivity contribution in [3.05, 3.63) is 12.2 Å². The molecule has 1 rings (SSSR count). The molecule has 0 unspecified atom stereocenters. The Kier molecular flexibility index (Phi) is 3.24. The van der Waals surface area contributed by atoms with Crippen molar-refractivity contribution in [3.8, 4) is 0 Å². The molecule has 0 saturated carbocycles. The van der Waals surface area contributed by atoms with Gasteiger partial charge in [-0.05, 0) is 18.1 Å². The van der Waals surface area contributed by atoms with E-state index in [4.69, 9.17) is 4.43 Å². The molecule has 2 nitrogen and oxygen atoms in total. The average Bonchev–Trinajstić information content (AvgIpc) is 2.31. The molecule has 0 heterocycles. The molecule has 1 aliphatic carbocycles. The second kappa shape index (κ2) is 3.80. The van der Waals surface area contributed by atoms with Crippen molar-refractivity contribution >= 4 is 8.32 Å². The Balaban J connectivity index is 2.56. The van der Waals surface area contributed by atoms with E-state index in [9.17, 15) is 5.11 Å². The van der Waals surface area contributed by atoms with Gasteiger partial charge in [-0.25, -0.2) is 0 Å². The summed E-state index contributed by atoms with van der Waals surface area (Å²) in [5.74, 6) is 0. The first-order chi connectivity index (χ1) is 6.22. The lowest BCUT2D eigenvalue weighted by Crippen LogP contribution is -2.43. The Labute approximate surface area is 88.1 Å². The third-order valence-electron chi connectivity index (χ3n) is 3.27. The van der Waals surface area contributed by atoms with Gasteiger partial charge in [-0.3, -0.25) is 0 Å². The Morgan fingerprint density at radius 3 is 2.21 bits per heavy atom. The van der Waals surface area contributed by atoms with Gasteiger partial charge in [-0.1, -0.05) is 32.9 Å². The van der Waals surface area contributed by atoms with Crippen molar-refractivity contribution in [2.75, 3.05) is 0 Å². The fourth-order valence-electron chi connectivity index (χ4n) is 1.29. The number of hydrogen-bond acceptors (Lipinski definition) is 2. The van der Waals surface area contributed by atoms with Gasteiger partial charge in [-0.2, -0.15) is 0 Å². The molecule has 0 spiro atoms. The lowest BCUT2D eigenvalue weighted by atomic mass is 10.2. The molecule has 0 aliphatic heterocycles. The van der Waals surface area contributed by atoms with Gasteiger partial charge in [-0.15, -0.1) is 0 Å². The van der Waals surface area contributed by atoms with E-state index in [-0.39, 0.29) is 17.2 Å². The van der Waals surface area contributed by atoms with E-state index < -0.39 is 8.32 Å². The standard InChI is InChI=1S/C11H22O2Si/c1-11(2,3)14(4,5)13-10-7-6-9(12)8-10/h6-7,9-10,12H,8H2,1-5H3/t9-,10+/m0/s1. The van der Waals surface area contributed by atoms with Crippen molar-refractivity contribution in [1.82, 2.24) is 0 Å². The monoisotopic (exact) mass is 214 g/mol. The van der Waals surface area contributed by atoms with Crippen LogP contribution >= 0.6 is 0 Å². The molecule has 2 atom stereocenters. The second-order valence-electron chi connectivity index (χ2n) is 5.60. The van der Waals surface area contributed by atoms with E-state index in [1.165, 1.54) is 0 Å². The van der Waals surface area contributed by atoms with Crippen LogP contribution in [-0.2, 0) is 4.43 Å². The second-order valence-corrected chi connectivity index (χ2v) is 10.4. The van der Waals surface area contributed by atoms with E-state index in [2.05, 4.69) is 33.9 Å². The van der Waals surface area contributed by atoms with Gasteiger partial charge >= 0.3 is 0 Å². The smallest absolute Gasteiger partial charge is 0.192 e. The van der Waals surface area contributed by atoms with Gasteiger partial charge < -0.3 is 9.53 Å². The fraction of sp³-hybridized carbons (Fsp3) is 0.818. The highest BCUT2D eigenvalue weighted by atomic mass is 28.4. The molecule has 0 amide bonds. The molecule has 0 fully saturated rings. The highest BCUT2D eigenvalue weighted by Gasteiger charge is 2.39. The minimum absolute atomic E-state index is 0.130. The molecule has 82 valence electrons. The third-order valence-corrected chi connectivity index (χ3v) is 7.78. The summed E-state index contributed by atoms with van der Waals surface area (Å²) in [6, 6.07) is 0. The van der Waals surface area contributed by atoms with Crippen molar-refractivity contribution in [2.24, 2.45) is 0 Å². The Bertz CT molecular complexity index is 228. The summed E-state index contributed by atoms with van der Waals surface area (Å²) in [6.45, 7) is 11.2. The zero-order valence-corrected chi connectivity index (χ0v) is 10.9. The van der Waals surface area contributed by atoms with Gasteiger partial charge in [0.2, 0.25) is 0 Å². The highest BCUT2D eigenvalue weighted by molar-refractivity contribution is 6.74. The maximum absolute atomic E-state index is 9.35. The zero-order valence-electron chi connectivity index (χ0n) is 9.87. The van der Waals surface area contributed by atoms with Crippen LogP contribution in [-0.4, -0.2) is 25.6 Å². The van der Waals surface area contributed by atoms with Crippen LogP contribution in [0.3, 0.4) is 0 Å². The molecule has 1 N–H and O–H groups in total. The normalized spacial score (nSPS) is 28.4. The van der Waals surface area contributed by atoms with Gasteiger partial charge in [0.05, 0.1) is 12.2 Å². The molecular weight excluding hydrogens is 192 g/mol. The first-order valence-corrected chi connectivity index (χ1v) is 8.17. The molecule has 1 aliphatic rings. The fourth-order valence-corrected chi connectivity index (χ4v) is 2.58. The van der Waals surface area contributed by atoms with Crippen LogP contribution in [0, 0.1) is 0 Å².